The number of nitrogens with two attached hydrogens (primary N) is 1. The van der Waals surface area contributed by atoms with Gasteiger partial charge in [-0.3, -0.25) is 4.79 Å². The van der Waals surface area contributed by atoms with Gasteiger partial charge in [-0.1, -0.05) is 54.1 Å². The fourth-order valence-electron chi connectivity index (χ4n) is 2.30. The first-order valence-electron chi connectivity index (χ1n) is 6.80. The number of H-pyrrole nitrogens is 1. The maximum atomic E-state index is 11.1. The fraction of sp³-hybridized carbons (Fsp3) is 0.0556. The van der Waals surface area contributed by atoms with Gasteiger partial charge in [0.05, 0.1) is 0 Å². The summed E-state index contributed by atoms with van der Waals surface area (Å²) in [5.41, 5.74) is 11.2. The van der Waals surface area contributed by atoms with Gasteiger partial charge in [0.1, 0.15) is 5.69 Å². The summed E-state index contributed by atoms with van der Waals surface area (Å²) < 4.78 is 0. The van der Waals surface area contributed by atoms with E-state index in [1.165, 1.54) is 16.7 Å². The molecule has 0 aliphatic rings. The van der Waals surface area contributed by atoms with E-state index in [2.05, 4.69) is 48.3 Å². The van der Waals surface area contributed by atoms with Crippen molar-refractivity contribution < 1.29 is 4.79 Å². The fourth-order valence-corrected chi connectivity index (χ4v) is 2.30. The molecular weight excluding hydrogens is 260 g/mol. The number of carbonyl (C=O) groups excluding carboxylic acids is 1. The number of hydrogen-bond donors (Lipinski definition) is 2. The summed E-state index contributed by atoms with van der Waals surface area (Å²) >= 11 is 0. The molecule has 0 saturated carbocycles. The number of aromatic amines is 1. The van der Waals surface area contributed by atoms with Crippen LogP contribution in [0.1, 0.15) is 16.1 Å². The van der Waals surface area contributed by atoms with Gasteiger partial charge in [0.25, 0.3) is 5.91 Å². The Kier molecular flexibility index (Phi) is 3.32. The molecule has 0 aliphatic carbocycles. The second-order valence-corrected chi connectivity index (χ2v) is 5.09. The Morgan fingerprint density at radius 2 is 1.33 bits per heavy atom. The zero-order chi connectivity index (χ0) is 14.8. The van der Waals surface area contributed by atoms with Crippen molar-refractivity contribution in [2.45, 2.75) is 6.92 Å². The summed E-state index contributed by atoms with van der Waals surface area (Å²) in [5, 5.41) is 0. The largest absolute Gasteiger partial charge is 0.364 e. The number of amides is 1. The zero-order valence-electron chi connectivity index (χ0n) is 11.8. The highest BCUT2D eigenvalue weighted by Gasteiger charge is 2.06. The van der Waals surface area contributed by atoms with Crippen LogP contribution in [0.25, 0.3) is 22.4 Å². The van der Waals surface area contributed by atoms with Gasteiger partial charge in [0, 0.05) is 5.69 Å². The molecule has 0 atom stereocenters. The van der Waals surface area contributed by atoms with E-state index in [1.54, 1.807) is 6.07 Å². The minimum absolute atomic E-state index is 0.424. The van der Waals surface area contributed by atoms with Crippen LogP contribution in [-0.2, 0) is 0 Å². The van der Waals surface area contributed by atoms with Crippen LogP contribution in [0.3, 0.4) is 0 Å². The molecule has 104 valence electrons. The Labute approximate surface area is 123 Å². The first-order valence-corrected chi connectivity index (χ1v) is 6.80. The number of rotatable bonds is 3. The van der Waals surface area contributed by atoms with Crippen molar-refractivity contribution in [1.29, 1.82) is 0 Å². The third-order valence-electron chi connectivity index (χ3n) is 3.53. The lowest BCUT2D eigenvalue weighted by molar-refractivity contribution is 0.0996. The lowest BCUT2D eigenvalue weighted by Gasteiger charge is -2.04. The van der Waals surface area contributed by atoms with E-state index in [0.29, 0.717) is 5.69 Å². The van der Waals surface area contributed by atoms with Crippen molar-refractivity contribution in [2.24, 2.45) is 5.73 Å². The molecule has 2 aromatic carbocycles. The van der Waals surface area contributed by atoms with E-state index in [-0.39, 0.29) is 0 Å². The Morgan fingerprint density at radius 3 is 1.86 bits per heavy atom. The average Bonchev–Trinajstić information content (AvgIpc) is 2.98. The molecule has 3 N–H and O–H groups in total. The second-order valence-electron chi connectivity index (χ2n) is 5.09. The molecule has 0 spiro atoms. The number of hydrogen-bond acceptors (Lipinski definition) is 1. The number of carbonyl (C=O) groups is 1. The molecule has 3 aromatic rings. The molecule has 1 amide bonds. The molecule has 21 heavy (non-hydrogen) atoms. The Morgan fingerprint density at radius 1 is 0.810 bits per heavy atom. The predicted octanol–water partition coefficient (Wildman–Crippen LogP) is 3.76. The minimum atomic E-state index is -0.447. The summed E-state index contributed by atoms with van der Waals surface area (Å²) in [6.45, 7) is 2.08. The second kappa shape index (κ2) is 5.29. The van der Waals surface area contributed by atoms with E-state index in [4.69, 9.17) is 5.73 Å². The van der Waals surface area contributed by atoms with Crippen LogP contribution in [0, 0.1) is 6.92 Å². The lowest BCUT2D eigenvalue weighted by atomic mass is 10.0. The topological polar surface area (TPSA) is 58.9 Å². The minimum Gasteiger partial charge on any atom is -0.364 e. The van der Waals surface area contributed by atoms with E-state index in [0.717, 1.165) is 11.3 Å². The summed E-state index contributed by atoms with van der Waals surface area (Å²) in [5.74, 6) is -0.447. The third-order valence-corrected chi connectivity index (χ3v) is 3.53. The third kappa shape index (κ3) is 2.72. The molecule has 1 aromatic heterocycles. The van der Waals surface area contributed by atoms with Crippen LogP contribution in [0.5, 0.6) is 0 Å². The molecule has 3 nitrogen and oxygen atoms in total. The number of primary amides is 1. The van der Waals surface area contributed by atoms with Gasteiger partial charge in [0.2, 0.25) is 0 Å². The van der Waals surface area contributed by atoms with E-state index in [1.807, 2.05) is 18.2 Å². The van der Waals surface area contributed by atoms with Crippen molar-refractivity contribution in [1.82, 2.24) is 4.98 Å². The van der Waals surface area contributed by atoms with Gasteiger partial charge < -0.3 is 10.7 Å². The lowest BCUT2D eigenvalue weighted by Crippen LogP contribution is -2.10. The maximum absolute atomic E-state index is 11.1. The standard InChI is InChI=1S/C18H16N2O/c1-12-2-4-13(5-3-12)14-6-8-15(9-7-14)16-10-11-17(20-16)18(19)21/h2-11,20H,1H3,(H2,19,21). The highest BCUT2D eigenvalue weighted by Crippen LogP contribution is 2.24. The number of benzene rings is 2. The normalized spacial score (nSPS) is 10.5. The molecular formula is C18H16N2O. The molecule has 3 heteroatoms. The Bertz CT molecular complexity index is 768. The van der Waals surface area contributed by atoms with Crippen LogP contribution in [0.15, 0.2) is 60.7 Å². The van der Waals surface area contributed by atoms with Gasteiger partial charge in [0.15, 0.2) is 0 Å². The van der Waals surface area contributed by atoms with Crippen molar-refractivity contribution >= 4 is 5.91 Å². The van der Waals surface area contributed by atoms with Gasteiger partial charge in [-0.15, -0.1) is 0 Å². The molecule has 1 heterocycles. The van der Waals surface area contributed by atoms with Crippen LogP contribution in [0.2, 0.25) is 0 Å². The molecule has 0 saturated heterocycles. The number of nitrogens with one attached hydrogen (secondary N) is 1. The van der Waals surface area contributed by atoms with Crippen molar-refractivity contribution in [2.75, 3.05) is 0 Å². The van der Waals surface area contributed by atoms with Crippen molar-refractivity contribution in [3.05, 3.63) is 71.9 Å². The first-order chi connectivity index (χ1) is 10.1. The maximum Gasteiger partial charge on any atom is 0.265 e. The average molecular weight is 276 g/mol. The Balaban J connectivity index is 1.89. The highest BCUT2D eigenvalue weighted by molar-refractivity contribution is 5.92. The summed E-state index contributed by atoms with van der Waals surface area (Å²) in [4.78, 5) is 14.1. The Hall–Kier alpha value is -2.81. The highest BCUT2D eigenvalue weighted by atomic mass is 16.1. The molecule has 0 radical (unpaired) electrons. The van der Waals surface area contributed by atoms with E-state index < -0.39 is 5.91 Å². The van der Waals surface area contributed by atoms with Crippen LogP contribution in [0.4, 0.5) is 0 Å². The van der Waals surface area contributed by atoms with E-state index in [9.17, 15) is 4.79 Å². The van der Waals surface area contributed by atoms with E-state index >= 15 is 0 Å². The van der Waals surface area contributed by atoms with Gasteiger partial charge in [-0.2, -0.15) is 0 Å². The van der Waals surface area contributed by atoms with Crippen molar-refractivity contribution in [3.63, 3.8) is 0 Å². The summed E-state index contributed by atoms with van der Waals surface area (Å²) in [6.07, 6.45) is 0. The number of aryl methyl sites for hydroxylation is 1. The summed E-state index contributed by atoms with van der Waals surface area (Å²) in [6, 6.07) is 20.2. The first kappa shape index (κ1) is 13.2. The SMILES string of the molecule is Cc1ccc(-c2ccc(-c3ccc(C(N)=O)[nH]3)cc2)cc1. The zero-order valence-corrected chi connectivity index (χ0v) is 11.8. The van der Waals surface area contributed by atoms with Gasteiger partial charge >= 0.3 is 0 Å². The molecule has 0 fully saturated rings. The van der Waals surface area contributed by atoms with Crippen LogP contribution >= 0.6 is 0 Å². The number of aromatic nitrogens is 1. The monoisotopic (exact) mass is 276 g/mol. The smallest absolute Gasteiger partial charge is 0.265 e. The van der Waals surface area contributed by atoms with Crippen LogP contribution < -0.4 is 5.73 Å². The van der Waals surface area contributed by atoms with Crippen molar-refractivity contribution in [3.8, 4) is 22.4 Å². The predicted molar refractivity (Wildman–Crippen MR) is 84.9 cm³/mol. The molecule has 0 bridgehead atoms. The van der Waals surface area contributed by atoms with Gasteiger partial charge in [-0.25, -0.2) is 0 Å². The van der Waals surface area contributed by atoms with Crippen LogP contribution in [-0.4, -0.2) is 10.9 Å². The molecule has 3 rings (SSSR count). The van der Waals surface area contributed by atoms with Gasteiger partial charge in [-0.05, 0) is 35.7 Å². The molecule has 0 aliphatic heterocycles. The molecule has 0 unspecified atom stereocenters. The quantitative estimate of drug-likeness (QED) is 0.752. The summed E-state index contributed by atoms with van der Waals surface area (Å²) in [7, 11) is 0.